The average Bonchev–Trinajstić information content (AvgIpc) is 2.71. The van der Waals surface area contributed by atoms with E-state index in [1.807, 2.05) is 6.92 Å². The number of sulfone groups is 1. The number of benzene rings is 1. The molecule has 0 bridgehead atoms. The van der Waals surface area contributed by atoms with Crippen molar-refractivity contribution in [3.63, 3.8) is 0 Å². The van der Waals surface area contributed by atoms with E-state index in [1.165, 1.54) is 0 Å². The highest BCUT2D eigenvalue weighted by Crippen LogP contribution is 2.37. The molecule has 1 aliphatic heterocycles. The summed E-state index contributed by atoms with van der Waals surface area (Å²) in [5, 5.41) is 31.3. The summed E-state index contributed by atoms with van der Waals surface area (Å²) in [7, 11) is -3.48. The molecule has 1 aliphatic carbocycles. The molecule has 5 atom stereocenters. The lowest BCUT2D eigenvalue weighted by Crippen LogP contribution is -2.55. The van der Waals surface area contributed by atoms with Gasteiger partial charge in [-0.2, -0.15) is 0 Å². The fourth-order valence-corrected chi connectivity index (χ4v) is 5.22. The fourth-order valence-electron chi connectivity index (χ4n) is 4.18. The maximum Gasteiger partial charge on any atom is 0.150 e. The van der Waals surface area contributed by atoms with Crippen LogP contribution in [-0.4, -0.2) is 79.0 Å². The normalized spacial score (nSPS) is 34.5. The summed E-state index contributed by atoms with van der Waals surface area (Å²) in [4.78, 5) is 0. The Morgan fingerprint density at radius 1 is 1.06 bits per heavy atom. The molecule has 176 valence electrons. The van der Waals surface area contributed by atoms with Crippen LogP contribution in [0, 0.1) is 0 Å². The molecule has 3 N–H and O–H groups in total. The molecular weight excluding hydrogens is 448 g/mol. The van der Waals surface area contributed by atoms with E-state index < -0.39 is 46.1 Å². The van der Waals surface area contributed by atoms with E-state index in [2.05, 4.69) is 0 Å². The van der Waals surface area contributed by atoms with Gasteiger partial charge in [0.05, 0.1) is 23.0 Å². The van der Waals surface area contributed by atoms with Gasteiger partial charge in [-0.05, 0) is 50.3 Å². The minimum absolute atomic E-state index is 0.0213. The fraction of sp³-hybridized carbons (Fsp3) is 0.714. The van der Waals surface area contributed by atoms with Crippen molar-refractivity contribution < 1.29 is 37.9 Å². The molecule has 31 heavy (non-hydrogen) atoms. The maximum absolute atomic E-state index is 11.7. The van der Waals surface area contributed by atoms with Crippen molar-refractivity contribution in [2.75, 3.05) is 18.6 Å². The van der Waals surface area contributed by atoms with E-state index >= 15 is 0 Å². The van der Waals surface area contributed by atoms with Gasteiger partial charge in [0.2, 0.25) is 0 Å². The lowest BCUT2D eigenvalue weighted by molar-refractivity contribution is -0.218. The van der Waals surface area contributed by atoms with Gasteiger partial charge < -0.3 is 29.5 Å². The van der Waals surface area contributed by atoms with Gasteiger partial charge in [0, 0.05) is 12.9 Å². The Balaban J connectivity index is 1.75. The molecule has 1 saturated carbocycles. The van der Waals surface area contributed by atoms with E-state index in [9.17, 15) is 23.7 Å². The van der Waals surface area contributed by atoms with Crippen molar-refractivity contribution in [2.24, 2.45) is 0 Å². The smallest absolute Gasteiger partial charge is 0.150 e. The zero-order chi connectivity index (χ0) is 22.8. The zero-order valence-electron chi connectivity index (χ0n) is 17.7. The molecule has 0 aromatic heterocycles. The van der Waals surface area contributed by atoms with Gasteiger partial charge in [0.25, 0.3) is 0 Å². The third-order valence-electron chi connectivity index (χ3n) is 5.78. The van der Waals surface area contributed by atoms with Gasteiger partial charge in [0.15, 0.2) is 0 Å². The van der Waals surface area contributed by atoms with Crippen LogP contribution in [0.4, 0.5) is 0 Å². The van der Waals surface area contributed by atoms with E-state index in [0.29, 0.717) is 22.9 Å². The first-order valence-corrected chi connectivity index (χ1v) is 13.0. The highest BCUT2D eigenvalue weighted by atomic mass is 35.5. The molecule has 0 amide bonds. The predicted octanol–water partition coefficient (Wildman–Crippen LogP) is 1.63. The van der Waals surface area contributed by atoms with Crippen LogP contribution in [-0.2, 0) is 19.3 Å². The minimum Gasteiger partial charge on any atom is -0.489 e. The quantitative estimate of drug-likeness (QED) is 0.540. The van der Waals surface area contributed by atoms with Crippen LogP contribution in [0.1, 0.15) is 44.3 Å². The highest BCUT2D eigenvalue weighted by Gasteiger charge is 2.45. The van der Waals surface area contributed by atoms with E-state index in [0.717, 1.165) is 31.9 Å². The second kappa shape index (κ2) is 10.3. The first-order valence-electron chi connectivity index (χ1n) is 10.5. The van der Waals surface area contributed by atoms with Gasteiger partial charge in [0.1, 0.15) is 46.1 Å². The lowest BCUT2D eigenvalue weighted by Gasteiger charge is -2.40. The number of aliphatic hydroxyl groups excluding tert-OH is 3. The van der Waals surface area contributed by atoms with Crippen molar-refractivity contribution >= 4 is 21.4 Å². The number of aliphatic hydroxyl groups is 3. The summed E-state index contributed by atoms with van der Waals surface area (Å²) in [5.41, 5.74) is 0.472. The van der Waals surface area contributed by atoms with Crippen molar-refractivity contribution in [3.8, 4) is 5.75 Å². The summed E-state index contributed by atoms with van der Waals surface area (Å²) in [6.07, 6.45) is -2.04. The molecule has 8 nitrogen and oxygen atoms in total. The summed E-state index contributed by atoms with van der Waals surface area (Å²) >= 11 is 6.32. The Hall–Kier alpha value is -0.940. The van der Waals surface area contributed by atoms with E-state index in [1.54, 1.807) is 18.2 Å². The largest absolute Gasteiger partial charge is 0.489 e. The van der Waals surface area contributed by atoms with Crippen molar-refractivity contribution in [1.82, 2.24) is 0 Å². The van der Waals surface area contributed by atoms with Gasteiger partial charge in [-0.25, -0.2) is 8.42 Å². The standard InChI is InChI=1S/C21H31ClO8S/c1-3-28-13-5-7-14(8-6-13)29-16-10-12(4-9-15(16)22)21-20(25)19(24)18(23)17(30-21)11-31(2,26)27/h4,9-10,13-14,17-21,23-25H,3,5-8,11H2,1-2H3/t13?,14?,17-,18-,19+,20-,21+/m1/s1. The molecule has 1 aromatic rings. The van der Waals surface area contributed by atoms with Gasteiger partial charge in [-0.15, -0.1) is 0 Å². The van der Waals surface area contributed by atoms with Crippen molar-refractivity contribution in [3.05, 3.63) is 28.8 Å². The van der Waals surface area contributed by atoms with E-state index in [4.69, 9.17) is 25.8 Å². The lowest BCUT2D eigenvalue weighted by atomic mass is 9.91. The zero-order valence-corrected chi connectivity index (χ0v) is 19.3. The van der Waals surface area contributed by atoms with Crippen LogP contribution >= 0.6 is 11.6 Å². The van der Waals surface area contributed by atoms with E-state index in [-0.39, 0.29) is 12.2 Å². The molecule has 2 fully saturated rings. The molecule has 0 unspecified atom stereocenters. The van der Waals surface area contributed by atoms with Gasteiger partial charge >= 0.3 is 0 Å². The Morgan fingerprint density at radius 3 is 2.32 bits per heavy atom. The highest BCUT2D eigenvalue weighted by molar-refractivity contribution is 7.90. The molecule has 1 saturated heterocycles. The van der Waals surface area contributed by atoms with Crippen LogP contribution < -0.4 is 4.74 Å². The van der Waals surface area contributed by atoms with Crippen molar-refractivity contribution in [1.29, 1.82) is 0 Å². The second-order valence-corrected chi connectivity index (χ2v) is 10.9. The van der Waals surface area contributed by atoms with Gasteiger partial charge in [-0.1, -0.05) is 17.7 Å². The molecule has 0 spiro atoms. The van der Waals surface area contributed by atoms with Crippen LogP contribution in [0.5, 0.6) is 5.75 Å². The number of hydrogen-bond donors (Lipinski definition) is 3. The number of rotatable bonds is 7. The molecule has 1 heterocycles. The first-order chi connectivity index (χ1) is 14.6. The van der Waals surface area contributed by atoms with Gasteiger partial charge in [-0.3, -0.25) is 0 Å². The Bertz CT molecular complexity index is 840. The van der Waals surface area contributed by atoms with Crippen LogP contribution in [0.3, 0.4) is 0 Å². The molecule has 10 heteroatoms. The summed E-state index contributed by atoms with van der Waals surface area (Å²) in [6, 6.07) is 4.86. The molecule has 0 radical (unpaired) electrons. The third kappa shape index (κ3) is 6.31. The summed E-state index contributed by atoms with van der Waals surface area (Å²) in [6.45, 7) is 2.67. The third-order valence-corrected chi connectivity index (χ3v) is 7.03. The summed E-state index contributed by atoms with van der Waals surface area (Å²) < 4.78 is 40.8. The molecule has 2 aliphatic rings. The average molecular weight is 479 g/mol. The number of ether oxygens (including phenoxy) is 3. The topological polar surface area (TPSA) is 123 Å². The Morgan fingerprint density at radius 2 is 1.71 bits per heavy atom. The van der Waals surface area contributed by atoms with Crippen LogP contribution in [0.2, 0.25) is 5.02 Å². The Labute approximate surface area is 188 Å². The number of hydrogen-bond acceptors (Lipinski definition) is 8. The SMILES string of the molecule is CCOC1CCC(Oc2cc([C@@H]3O[C@H](CS(C)(=O)=O)[C@@H](O)[C@H](O)[C@H]3O)ccc2Cl)CC1. The molecule has 1 aromatic carbocycles. The second-order valence-electron chi connectivity index (χ2n) is 8.32. The maximum atomic E-state index is 11.7. The summed E-state index contributed by atoms with van der Waals surface area (Å²) in [5.74, 6) is -0.0517. The van der Waals surface area contributed by atoms with Crippen molar-refractivity contribution in [2.45, 2.75) is 75.3 Å². The predicted molar refractivity (Wildman–Crippen MR) is 115 cm³/mol. The van der Waals surface area contributed by atoms with Crippen LogP contribution in [0.25, 0.3) is 0 Å². The minimum atomic E-state index is -3.48. The number of halogens is 1. The molecule has 3 rings (SSSR count). The monoisotopic (exact) mass is 478 g/mol. The first kappa shape index (κ1) is 24.7. The molecular formula is C21H31ClO8S. The Kier molecular flexibility index (Phi) is 8.23. The van der Waals surface area contributed by atoms with Crippen LogP contribution in [0.15, 0.2) is 18.2 Å².